The molecule has 6 nitrogen and oxygen atoms in total. The average Bonchev–Trinajstić information content (AvgIpc) is 2.59. The maximum absolute atomic E-state index is 12.8. The summed E-state index contributed by atoms with van der Waals surface area (Å²) in [4.78, 5) is 13.0. The predicted molar refractivity (Wildman–Crippen MR) is 111 cm³/mol. The third-order valence-corrected chi connectivity index (χ3v) is 6.87. The van der Waals surface area contributed by atoms with E-state index >= 15 is 0 Å². The molecule has 0 atom stereocenters. The number of sulfonamides is 1. The third kappa shape index (κ3) is 5.95. The fraction of sp³-hybridized carbons (Fsp3) is 0.667. The molecule has 0 saturated carbocycles. The van der Waals surface area contributed by atoms with Crippen LogP contribution in [0.25, 0.3) is 0 Å². The zero-order valence-electron chi connectivity index (χ0n) is 17.9. The van der Waals surface area contributed by atoms with Crippen LogP contribution in [0.15, 0.2) is 29.2 Å². The molecule has 1 aliphatic rings. The van der Waals surface area contributed by atoms with Gasteiger partial charge in [-0.15, -0.1) is 0 Å². The number of hydrogen-bond acceptors (Lipinski definition) is 4. The van der Waals surface area contributed by atoms with Crippen LogP contribution in [0.4, 0.5) is 0 Å². The summed E-state index contributed by atoms with van der Waals surface area (Å²) in [5, 5.41) is 3.16. The van der Waals surface area contributed by atoms with Gasteiger partial charge in [0.15, 0.2) is 0 Å². The van der Waals surface area contributed by atoms with Gasteiger partial charge in [-0.1, -0.05) is 20.8 Å². The Morgan fingerprint density at radius 3 is 2.11 bits per heavy atom. The van der Waals surface area contributed by atoms with Gasteiger partial charge < -0.3 is 10.1 Å². The molecule has 28 heavy (non-hydrogen) atoms. The van der Waals surface area contributed by atoms with E-state index in [9.17, 15) is 13.2 Å². The third-order valence-electron chi connectivity index (χ3n) is 4.96. The van der Waals surface area contributed by atoms with E-state index in [0.717, 1.165) is 6.42 Å². The quantitative estimate of drug-likeness (QED) is 0.780. The summed E-state index contributed by atoms with van der Waals surface area (Å²) in [6.07, 6.45) is 1.94. The van der Waals surface area contributed by atoms with Crippen LogP contribution >= 0.6 is 0 Å². The largest absolute Gasteiger partial charge is 0.497 e. The molecule has 1 fully saturated rings. The lowest BCUT2D eigenvalue weighted by Gasteiger charge is -2.36. The van der Waals surface area contributed by atoms with Gasteiger partial charge in [-0.05, 0) is 62.8 Å². The Kier molecular flexibility index (Phi) is 6.82. The summed E-state index contributed by atoms with van der Waals surface area (Å²) in [6.45, 7) is 11.3. The molecule has 2 rings (SSSR count). The van der Waals surface area contributed by atoms with Crippen molar-refractivity contribution in [2.75, 3.05) is 20.2 Å². The molecular weight excluding hydrogens is 376 g/mol. The molecule has 1 aliphatic heterocycles. The normalized spacial score (nSPS) is 17.4. The van der Waals surface area contributed by atoms with Crippen LogP contribution in [-0.4, -0.2) is 44.4 Å². The summed E-state index contributed by atoms with van der Waals surface area (Å²) < 4.78 is 32.2. The fourth-order valence-electron chi connectivity index (χ4n) is 4.06. The summed E-state index contributed by atoms with van der Waals surface area (Å²) in [5.74, 6) is 0.490. The Morgan fingerprint density at radius 2 is 1.64 bits per heavy atom. The highest BCUT2D eigenvalue weighted by atomic mass is 32.2. The van der Waals surface area contributed by atoms with Crippen LogP contribution in [-0.2, 0) is 14.8 Å². The van der Waals surface area contributed by atoms with E-state index in [1.807, 2.05) is 13.8 Å². The first-order valence-electron chi connectivity index (χ1n) is 9.80. The van der Waals surface area contributed by atoms with Crippen LogP contribution in [0.2, 0.25) is 0 Å². The van der Waals surface area contributed by atoms with Crippen LogP contribution in [0.3, 0.4) is 0 Å². The number of hydrogen-bond donors (Lipinski definition) is 1. The molecule has 1 amide bonds. The Morgan fingerprint density at radius 1 is 1.11 bits per heavy atom. The molecule has 0 bridgehead atoms. The van der Waals surface area contributed by atoms with Crippen molar-refractivity contribution in [2.24, 2.45) is 11.3 Å². The van der Waals surface area contributed by atoms with Gasteiger partial charge in [0.1, 0.15) is 5.75 Å². The van der Waals surface area contributed by atoms with Crippen molar-refractivity contribution in [3.05, 3.63) is 24.3 Å². The predicted octanol–water partition coefficient (Wildman–Crippen LogP) is 3.43. The van der Waals surface area contributed by atoms with Crippen LogP contribution < -0.4 is 10.1 Å². The number of amides is 1. The van der Waals surface area contributed by atoms with Gasteiger partial charge in [-0.3, -0.25) is 4.79 Å². The first kappa shape index (κ1) is 22.7. The monoisotopic (exact) mass is 410 g/mol. The van der Waals surface area contributed by atoms with Gasteiger partial charge in [0, 0.05) is 24.5 Å². The van der Waals surface area contributed by atoms with Gasteiger partial charge in [-0.2, -0.15) is 4.31 Å². The van der Waals surface area contributed by atoms with E-state index in [1.165, 1.54) is 4.31 Å². The highest BCUT2D eigenvalue weighted by molar-refractivity contribution is 7.89. The number of rotatable bonds is 6. The van der Waals surface area contributed by atoms with Gasteiger partial charge in [0.2, 0.25) is 15.9 Å². The first-order chi connectivity index (χ1) is 12.8. The molecule has 0 aromatic heterocycles. The molecule has 1 aromatic carbocycles. The van der Waals surface area contributed by atoms with Crippen LogP contribution in [0.5, 0.6) is 5.75 Å². The molecule has 0 aliphatic carbocycles. The van der Waals surface area contributed by atoms with Crippen molar-refractivity contribution in [1.29, 1.82) is 0 Å². The Hall–Kier alpha value is -1.60. The first-order valence-corrected chi connectivity index (χ1v) is 11.2. The van der Waals surface area contributed by atoms with Crippen LogP contribution in [0, 0.1) is 11.3 Å². The number of benzene rings is 1. The lowest BCUT2D eigenvalue weighted by atomic mass is 9.81. The second kappa shape index (κ2) is 8.41. The summed E-state index contributed by atoms with van der Waals surface area (Å²) in [6, 6.07) is 6.40. The van der Waals surface area contributed by atoms with Gasteiger partial charge in [-0.25, -0.2) is 8.42 Å². The zero-order valence-corrected chi connectivity index (χ0v) is 18.7. The minimum Gasteiger partial charge on any atom is -0.497 e. The maximum Gasteiger partial charge on any atom is 0.243 e. The lowest BCUT2D eigenvalue weighted by molar-refractivity contribution is -0.128. The molecule has 1 aromatic rings. The van der Waals surface area contributed by atoms with Crippen molar-refractivity contribution >= 4 is 15.9 Å². The van der Waals surface area contributed by atoms with Gasteiger partial charge in [0.25, 0.3) is 0 Å². The van der Waals surface area contributed by atoms with Crippen molar-refractivity contribution in [2.45, 2.75) is 64.3 Å². The van der Waals surface area contributed by atoms with E-state index in [-0.39, 0.29) is 27.7 Å². The molecule has 1 N–H and O–H groups in total. The minimum absolute atomic E-state index is 0.0238. The molecule has 0 radical (unpaired) electrons. The molecule has 1 heterocycles. The van der Waals surface area contributed by atoms with E-state index in [0.29, 0.717) is 31.7 Å². The molecular formula is C21H34N2O4S. The molecule has 158 valence electrons. The minimum atomic E-state index is -3.55. The second-order valence-electron chi connectivity index (χ2n) is 9.46. The highest BCUT2D eigenvalue weighted by Gasteiger charge is 2.34. The number of piperidine rings is 1. The number of carbonyl (C=O) groups is 1. The van der Waals surface area contributed by atoms with Gasteiger partial charge >= 0.3 is 0 Å². The second-order valence-corrected chi connectivity index (χ2v) is 11.4. The summed E-state index contributed by atoms with van der Waals surface area (Å²) in [7, 11) is -2.01. The van der Waals surface area contributed by atoms with Crippen molar-refractivity contribution in [1.82, 2.24) is 9.62 Å². The number of nitrogens with one attached hydrogen (secondary N) is 1. The SMILES string of the molecule is COc1ccc(S(=O)(=O)N2CCC(C(=O)NC(C)(C)CC(C)(C)C)CC2)cc1. The summed E-state index contributed by atoms with van der Waals surface area (Å²) in [5.41, 5.74) is -0.172. The van der Waals surface area contributed by atoms with Crippen molar-refractivity contribution in [3.8, 4) is 5.75 Å². The Labute approximate surface area is 169 Å². The lowest BCUT2D eigenvalue weighted by Crippen LogP contribution is -2.50. The highest BCUT2D eigenvalue weighted by Crippen LogP contribution is 2.29. The van der Waals surface area contributed by atoms with Crippen LogP contribution in [0.1, 0.15) is 53.9 Å². The van der Waals surface area contributed by atoms with E-state index < -0.39 is 10.0 Å². The summed E-state index contributed by atoms with van der Waals surface area (Å²) >= 11 is 0. The van der Waals surface area contributed by atoms with E-state index in [1.54, 1.807) is 31.4 Å². The number of ether oxygens (including phenoxy) is 1. The number of nitrogens with zero attached hydrogens (tertiary/aromatic N) is 1. The number of carbonyl (C=O) groups excluding carboxylic acids is 1. The molecule has 0 spiro atoms. The maximum atomic E-state index is 12.8. The smallest absolute Gasteiger partial charge is 0.243 e. The van der Waals surface area contributed by atoms with E-state index in [4.69, 9.17) is 4.74 Å². The van der Waals surface area contributed by atoms with Crippen molar-refractivity contribution < 1.29 is 17.9 Å². The molecule has 1 saturated heterocycles. The fourth-order valence-corrected chi connectivity index (χ4v) is 5.53. The molecule has 0 unspecified atom stereocenters. The Bertz CT molecular complexity index is 772. The molecule has 7 heteroatoms. The van der Waals surface area contributed by atoms with Crippen molar-refractivity contribution in [3.63, 3.8) is 0 Å². The average molecular weight is 411 g/mol. The van der Waals surface area contributed by atoms with Gasteiger partial charge in [0.05, 0.1) is 12.0 Å². The zero-order chi connectivity index (χ0) is 21.2. The standard InChI is InChI=1S/C21H34N2O4S/c1-20(2,3)15-21(4,5)22-19(24)16-11-13-23(14-12-16)28(25,26)18-9-7-17(27-6)8-10-18/h7-10,16H,11-15H2,1-6H3,(H,22,24). The number of methoxy groups -OCH3 is 1. The Balaban J connectivity index is 1.96. The van der Waals surface area contributed by atoms with E-state index in [2.05, 4.69) is 26.1 Å². The topological polar surface area (TPSA) is 75.7 Å².